The number of carbonyl (C=O) groups excluding carboxylic acids is 1. The normalized spacial score (nSPS) is 20.8. The fourth-order valence-corrected chi connectivity index (χ4v) is 4.64. The summed E-state index contributed by atoms with van der Waals surface area (Å²) in [7, 11) is 0. The Morgan fingerprint density at radius 2 is 2.29 bits per heavy atom. The molecule has 1 amide bonds. The molecule has 5 nitrogen and oxygen atoms in total. The molecule has 2 aliphatic heterocycles. The number of fused-ring (bicyclic) bond motifs is 1. The molecule has 0 radical (unpaired) electrons. The third-order valence-corrected chi connectivity index (χ3v) is 6.14. The number of morpholine rings is 1. The zero-order valence-electron chi connectivity index (χ0n) is 13.2. The summed E-state index contributed by atoms with van der Waals surface area (Å²) in [5.41, 5.74) is 1.28. The minimum absolute atomic E-state index is 0.0867. The lowest BCUT2D eigenvalue weighted by Crippen LogP contribution is -2.52. The molecule has 126 valence electrons. The number of pyridine rings is 1. The molecule has 1 unspecified atom stereocenters. The molecule has 7 heteroatoms. The lowest BCUT2D eigenvalue weighted by atomic mass is 10.1. The van der Waals surface area contributed by atoms with E-state index in [1.54, 1.807) is 17.5 Å². The Balaban J connectivity index is 1.46. The number of hydrogen-bond acceptors (Lipinski definition) is 5. The zero-order chi connectivity index (χ0) is 16.5. The molecule has 4 heterocycles. The van der Waals surface area contributed by atoms with E-state index in [1.807, 2.05) is 17.0 Å². The fourth-order valence-electron chi connectivity index (χ4n) is 3.24. The first kappa shape index (κ1) is 16.1. The number of hydrogen-bond donors (Lipinski definition) is 0. The highest BCUT2D eigenvalue weighted by Gasteiger charge is 2.33. The number of carbonyl (C=O) groups is 1. The smallest absolute Gasteiger partial charge is 0.253 e. The van der Waals surface area contributed by atoms with E-state index in [2.05, 4.69) is 37.3 Å². The van der Waals surface area contributed by atoms with Gasteiger partial charge < -0.3 is 14.5 Å². The van der Waals surface area contributed by atoms with Crippen LogP contribution >= 0.6 is 27.3 Å². The number of rotatable bonds is 2. The first-order chi connectivity index (χ1) is 11.7. The van der Waals surface area contributed by atoms with Crippen LogP contribution in [-0.4, -0.2) is 48.1 Å². The number of aromatic nitrogens is 1. The molecular formula is C17H18BrN3O2S. The molecule has 4 rings (SSSR count). The van der Waals surface area contributed by atoms with Gasteiger partial charge in [-0.05, 0) is 51.5 Å². The highest BCUT2D eigenvalue weighted by Crippen LogP contribution is 2.27. The lowest BCUT2D eigenvalue weighted by molar-refractivity contribution is -0.145. The van der Waals surface area contributed by atoms with Gasteiger partial charge >= 0.3 is 0 Å². The van der Waals surface area contributed by atoms with Gasteiger partial charge in [-0.1, -0.05) is 0 Å². The monoisotopic (exact) mass is 407 g/mol. The quantitative estimate of drug-likeness (QED) is 0.767. The molecule has 24 heavy (non-hydrogen) atoms. The van der Waals surface area contributed by atoms with Crippen LogP contribution in [0.25, 0.3) is 0 Å². The molecular weight excluding hydrogens is 390 g/mol. The summed E-state index contributed by atoms with van der Waals surface area (Å²) in [4.78, 5) is 22.8. The molecule has 0 bridgehead atoms. The summed E-state index contributed by atoms with van der Waals surface area (Å²) in [6.45, 7) is 3.30. The number of nitrogens with zero attached hydrogens (tertiary/aromatic N) is 3. The molecule has 2 aliphatic rings. The van der Waals surface area contributed by atoms with Gasteiger partial charge in [0.25, 0.3) is 5.91 Å². The van der Waals surface area contributed by atoms with Gasteiger partial charge in [0.15, 0.2) is 6.10 Å². The van der Waals surface area contributed by atoms with E-state index in [0.29, 0.717) is 19.7 Å². The second-order valence-electron chi connectivity index (χ2n) is 5.99. The predicted molar refractivity (Wildman–Crippen MR) is 97.3 cm³/mol. The van der Waals surface area contributed by atoms with E-state index in [9.17, 15) is 4.79 Å². The summed E-state index contributed by atoms with van der Waals surface area (Å²) in [5.74, 6) is 0.959. The number of anilines is 1. The van der Waals surface area contributed by atoms with Gasteiger partial charge in [-0.3, -0.25) is 4.79 Å². The maximum absolute atomic E-state index is 12.9. The Labute approximate surface area is 153 Å². The predicted octanol–water partition coefficient (Wildman–Crippen LogP) is 2.70. The Morgan fingerprint density at radius 3 is 3.17 bits per heavy atom. The molecule has 2 aromatic heterocycles. The van der Waals surface area contributed by atoms with E-state index in [0.717, 1.165) is 29.8 Å². The first-order valence-electron chi connectivity index (χ1n) is 8.03. The van der Waals surface area contributed by atoms with Gasteiger partial charge in [-0.15, -0.1) is 11.3 Å². The van der Waals surface area contributed by atoms with Crippen molar-refractivity contribution in [2.24, 2.45) is 0 Å². The van der Waals surface area contributed by atoms with E-state index >= 15 is 0 Å². The summed E-state index contributed by atoms with van der Waals surface area (Å²) >= 11 is 5.32. The molecule has 2 aromatic rings. The van der Waals surface area contributed by atoms with Crippen molar-refractivity contribution >= 4 is 39.0 Å². The number of halogens is 1. The van der Waals surface area contributed by atoms with Crippen molar-refractivity contribution in [2.45, 2.75) is 19.1 Å². The standard InChI is InChI=1S/C17H18BrN3O2S/c18-13-2-1-5-19-16(13)20-7-8-23-14(11-20)17(22)21-6-3-15-12(10-21)4-9-24-15/h1-2,4-5,9,14H,3,6-8,10-11H2. The third kappa shape index (κ3) is 3.08. The summed E-state index contributed by atoms with van der Waals surface area (Å²) in [6.07, 6.45) is 2.30. The van der Waals surface area contributed by atoms with Gasteiger partial charge in [-0.2, -0.15) is 0 Å². The van der Waals surface area contributed by atoms with E-state index in [4.69, 9.17) is 4.74 Å². The van der Waals surface area contributed by atoms with Crippen molar-refractivity contribution in [3.63, 3.8) is 0 Å². The largest absolute Gasteiger partial charge is 0.365 e. The molecule has 0 N–H and O–H groups in total. The van der Waals surface area contributed by atoms with Crippen LogP contribution in [0.3, 0.4) is 0 Å². The zero-order valence-corrected chi connectivity index (χ0v) is 15.6. The average Bonchev–Trinajstić information content (AvgIpc) is 3.09. The van der Waals surface area contributed by atoms with Crippen molar-refractivity contribution in [1.29, 1.82) is 0 Å². The Hall–Kier alpha value is -1.44. The van der Waals surface area contributed by atoms with Crippen molar-refractivity contribution in [1.82, 2.24) is 9.88 Å². The molecule has 0 aliphatic carbocycles. The van der Waals surface area contributed by atoms with Crippen LogP contribution in [-0.2, 0) is 22.5 Å². The van der Waals surface area contributed by atoms with Crippen LogP contribution in [0.2, 0.25) is 0 Å². The number of ether oxygens (including phenoxy) is 1. The fraction of sp³-hybridized carbons (Fsp3) is 0.412. The van der Waals surface area contributed by atoms with Crippen molar-refractivity contribution < 1.29 is 9.53 Å². The average molecular weight is 408 g/mol. The number of thiophene rings is 1. The van der Waals surface area contributed by atoms with Gasteiger partial charge in [0, 0.05) is 30.7 Å². The minimum atomic E-state index is -0.423. The second kappa shape index (κ2) is 6.82. The maximum atomic E-state index is 12.9. The van der Waals surface area contributed by atoms with Crippen LogP contribution in [0.5, 0.6) is 0 Å². The van der Waals surface area contributed by atoms with Crippen molar-refractivity contribution in [2.75, 3.05) is 31.1 Å². The van der Waals surface area contributed by atoms with E-state index in [-0.39, 0.29) is 5.91 Å². The highest BCUT2D eigenvalue weighted by atomic mass is 79.9. The van der Waals surface area contributed by atoms with Crippen molar-refractivity contribution in [3.8, 4) is 0 Å². The molecule has 1 fully saturated rings. The van der Waals surface area contributed by atoms with Gasteiger partial charge in [0.1, 0.15) is 5.82 Å². The lowest BCUT2D eigenvalue weighted by Gasteiger charge is -2.36. The highest BCUT2D eigenvalue weighted by molar-refractivity contribution is 9.10. The minimum Gasteiger partial charge on any atom is -0.365 e. The summed E-state index contributed by atoms with van der Waals surface area (Å²) in [6, 6.07) is 5.98. The summed E-state index contributed by atoms with van der Waals surface area (Å²) in [5, 5.41) is 2.11. The maximum Gasteiger partial charge on any atom is 0.253 e. The van der Waals surface area contributed by atoms with Gasteiger partial charge in [0.2, 0.25) is 0 Å². The topological polar surface area (TPSA) is 45.7 Å². The third-order valence-electron chi connectivity index (χ3n) is 4.50. The van der Waals surface area contributed by atoms with Gasteiger partial charge in [-0.25, -0.2) is 4.98 Å². The SMILES string of the molecule is O=C(C1CN(c2ncccc2Br)CCO1)N1CCc2sccc2C1. The van der Waals surface area contributed by atoms with Gasteiger partial charge in [0.05, 0.1) is 17.6 Å². The van der Waals surface area contributed by atoms with Crippen molar-refractivity contribution in [3.05, 3.63) is 44.7 Å². The second-order valence-corrected chi connectivity index (χ2v) is 7.85. The Morgan fingerprint density at radius 1 is 1.38 bits per heavy atom. The molecule has 0 saturated carbocycles. The molecule has 0 spiro atoms. The Bertz CT molecular complexity index is 751. The van der Waals surface area contributed by atoms with Crippen LogP contribution in [0.4, 0.5) is 5.82 Å². The molecule has 1 atom stereocenters. The Kier molecular flexibility index (Phi) is 4.56. The van der Waals surface area contributed by atoms with Crippen LogP contribution in [0.15, 0.2) is 34.2 Å². The molecule has 1 saturated heterocycles. The van der Waals surface area contributed by atoms with E-state index in [1.165, 1.54) is 10.4 Å². The van der Waals surface area contributed by atoms with Crippen LogP contribution in [0, 0.1) is 0 Å². The number of amides is 1. The first-order valence-corrected chi connectivity index (χ1v) is 9.71. The van der Waals surface area contributed by atoms with Crippen LogP contribution < -0.4 is 4.90 Å². The van der Waals surface area contributed by atoms with Crippen LogP contribution in [0.1, 0.15) is 10.4 Å². The van der Waals surface area contributed by atoms with E-state index < -0.39 is 6.10 Å². The summed E-state index contributed by atoms with van der Waals surface area (Å²) < 4.78 is 6.72. The molecule has 0 aromatic carbocycles.